The third-order valence-corrected chi connectivity index (χ3v) is 5.60. The third kappa shape index (κ3) is 5.46. The fourth-order valence-electron chi connectivity index (χ4n) is 1.22. The van der Waals surface area contributed by atoms with E-state index in [0.717, 1.165) is 0 Å². The van der Waals surface area contributed by atoms with E-state index in [-0.39, 0.29) is 6.10 Å². The Morgan fingerprint density at radius 1 is 1.05 bits per heavy atom. The van der Waals surface area contributed by atoms with E-state index in [1.807, 2.05) is 19.9 Å². The van der Waals surface area contributed by atoms with Gasteiger partial charge in [-0.2, -0.15) is 0 Å². The molecule has 5 nitrogen and oxygen atoms in total. The zero-order chi connectivity index (χ0) is 14.4. The molecule has 0 N–H and O–H groups in total. The van der Waals surface area contributed by atoms with Gasteiger partial charge in [0.2, 0.25) is 0 Å². The Hall–Kier alpha value is -1.31. The van der Waals surface area contributed by atoms with Gasteiger partial charge in [0.25, 0.3) is 0 Å². The van der Waals surface area contributed by atoms with E-state index >= 15 is 0 Å². The molecule has 0 aromatic heterocycles. The van der Waals surface area contributed by atoms with Gasteiger partial charge in [0.15, 0.2) is 0 Å². The van der Waals surface area contributed by atoms with Gasteiger partial charge in [0.1, 0.15) is 0 Å². The SMILES string of the molecule is CC(=O)OI(OC(C)=O)c1ccccc1OC(C)C. The van der Waals surface area contributed by atoms with Gasteiger partial charge in [-0.3, -0.25) is 0 Å². The summed E-state index contributed by atoms with van der Waals surface area (Å²) in [4.78, 5) is 22.3. The van der Waals surface area contributed by atoms with Crippen molar-refractivity contribution in [3.05, 3.63) is 27.8 Å². The first-order valence-corrected chi connectivity index (χ1v) is 8.58. The van der Waals surface area contributed by atoms with Gasteiger partial charge in [-0.05, 0) is 0 Å². The van der Waals surface area contributed by atoms with Crippen molar-refractivity contribution in [1.82, 2.24) is 0 Å². The van der Waals surface area contributed by atoms with Crippen LogP contribution in [0.5, 0.6) is 5.75 Å². The van der Waals surface area contributed by atoms with Crippen LogP contribution >= 0.6 is 20.6 Å². The molecule has 0 aliphatic carbocycles. The minimum atomic E-state index is -2.83. The van der Waals surface area contributed by atoms with Crippen molar-refractivity contribution < 1.29 is 20.5 Å². The molecule has 0 radical (unpaired) electrons. The molecule has 0 aliphatic rings. The second kappa shape index (κ2) is 7.32. The molecule has 0 bridgehead atoms. The fourth-order valence-corrected chi connectivity index (χ4v) is 4.15. The van der Waals surface area contributed by atoms with Crippen molar-refractivity contribution in [2.45, 2.75) is 33.8 Å². The number of hydrogen-bond acceptors (Lipinski definition) is 5. The number of hydrogen-bond donors (Lipinski definition) is 0. The molecular weight excluding hydrogens is 363 g/mol. The van der Waals surface area contributed by atoms with Gasteiger partial charge in [-0.15, -0.1) is 0 Å². The minimum absolute atomic E-state index is 0.0199. The number of rotatable bonds is 5. The van der Waals surface area contributed by atoms with Crippen LogP contribution in [-0.4, -0.2) is 18.0 Å². The second-order valence-electron chi connectivity index (χ2n) is 3.95. The summed E-state index contributed by atoms with van der Waals surface area (Å²) >= 11 is -2.83. The van der Waals surface area contributed by atoms with Crippen molar-refractivity contribution in [3.63, 3.8) is 0 Å². The zero-order valence-electron chi connectivity index (χ0n) is 11.3. The Kier molecular flexibility index (Phi) is 6.07. The van der Waals surface area contributed by atoms with Gasteiger partial charge < -0.3 is 0 Å². The van der Waals surface area contributed by atoms with E-state index in [1.165, 1.54) is 13.8 Å². The van der Waals surface area contributed by atoms with E-state index in [0.29, 0.717) is 9.32 Å². The van der Waals surface area contributed by atoms with Crippen LogP contribution in [0, 0.1) is 3.57 Å². The van der Waals surface area contributed by atoms with Crippen LogP contribution < -0.4 is 4.74 Å². The van der Waals surface area contributed by atoms with Crippen LogP contribution in [0.2, 0.25) is 0 Å². The molecule has 0 saturated heterocycles. The van der Waals surface area contributed by atoms with Gasteiger partial charge in [-0.1, -0.05) is 0 Å². The average molecular weight is 380 g/mol. The maximum atomic E-state index is 11.1. The van der Waals surface area contributed by atoms with Gasteiger partial charge in [-0.25, -0.2) is 0 Å². The molecule has 1 rings (SSSR count). The summed E-state index contributed by atoms with van der Waals surface area (Å²) in [5, 5.41) is 0. The molecule has 1 aromatic carbocycles. The summed E-state index contributed by atoms with van der Waals surface area (Å²) < 4.78 is 16.6. The van der Waals surface area contributed by atoms with Crippen LogP contribution in [-0.2, 0) is 15.7 Å². The molecule has 106 valence electrons. The normalized spacial score (nSPS) is 10.9. The number of para-hydroxylation sites is 1. The predicted molar refractivity (Wildman–Crippen MR) is 78.5 cm³/mol. The Balaban J connectivity index is 3.06. The number of carbonyl (C=O) groups excluding carboxylic acids is 2. The molecule has 0 heterocycles. The van der Waals surface area contributed by atoms with Crippen LogP contribution in [0.3, 0.4) is 0 Å². The molecule has 0 fully saturated rings. The first-order chi connectivity index (χ1) is 8.90. The molecule has 6 heteroatoms. The third-order valence-electron chi connectivity index (χ3n) is 1.72. The maximum absolute atomic E-state index is 11.1. The average Bonchev–Trinajstić information content (AvgIpc) is 2.26. The molecule has 1 aromatic rings. The van der Waals surface area contributed by atoms with Crippen LogP contribution in [0.15, 0.2) is 24.3 Å². The molecule has 0 aliphatic heterocycles. The zero-order valence-corrected chi connectivity index (χ0v) is 13.5. The summed E-state index contributed by atoms with van der Waals surface area (Å²) in [6.07, 6.45) is -0.0199. The van der Waals surface area contributed by atoms with Crippen LogP contribution in [0.1, 0.15) is 27.7 Å². The van der Waals surface area contributed by atoms with Crippen LogP contribution in [0.4, 0.5) is 0 Å². The molecule has 0 amide bonds. The van der Waals surface area contributed by atoms with Gasteiger partial charge >= 0.3 is 120 Å². The topological polar surface area (TPSA) is 61.8 Å². The van der Waals surface area contributed by atoms with Crippen molar-refractivity contribution in [2.24, 2.45) is 0 Å². The van der Waals surface area contributed by atoms with Gasteiger partial charge in [0, 0.05) is 0 Å². The Morgan fingerprint density at radius 2 is 1.58 bits per heavy atom. The Morgan fingerprint density at radius 3 is 2.05 bits per heavy atom. The fraction of sp³-hybridized carbons (Fsp3) is 0.385. The van der Waals surface area contributed by atoms with Crippen molar-refractivity contribution in [2.75, 3.05) is 0 Å². The summed E-state index contributed by atoms with van der Waals surface area (Å²) in [6, 6.07) is 7.14. The van der Waals surface area contributed by atoms with Crippen LogP contribution in [0.25, 0.3) is 0 Å². The summed E-state index contributed by atoms with van der Waals surface area (Å²) in [7, 11) is 0. The molecular formula is C13H17IO5. The first kappa shape index (κ1) is 15.7. The van der Waals surface area contributed by atoms with Crippen molar-refractivity contribution in [1.29, 1.82) is 0 Å². The number of ether oxygens (including phenoxy) is 1. The first-order valence-electron chi connectivity index (χ1n) is 5.74. The standard InChI is InChI=1S/C13H17IO5/c1-9(2)17-13-8-6-5-7-12(13)14(18-10(3)15)19-11(4)16/h5-9H,1-4H3. The molecule has 19 heavy (non-hydrogen) atoms. The van der Waals surface area contributed by atoms with Crippen molar-refractivity contribution >= 4 is 32.6 Å². The van der Waals surface area contributed by atoms with Crippen molar-refractivity contribution in [3.8, 4) is 5.75 Å². The number of carbonyl (C=O) groups is 2. The van der Waals surface area contributed by atoms with E-state index in [2.05, 4.69) is 0 Å². The summed E-state index contributed by atoms with van der Waals surface area (Å²) in [5.41, 5.74) is 0. The second-order valence-corrected chi connectivity index (χ2v) is 7.24. The van der Waals surface area contributed by atoms with E-state index < -0.39 is 32.6 Å². The number of benzene rings is 1. The van der Waals surface area contributed by atoms with E-state index in [9.17, 15) is 9.59 Å². The Bertz CT molecular complexity index is 442. The molecule has 0 saturated carbocycles. The summed E-state index contributed by atoms with van der Waals surface area (Å²) in [5.74, 6) is -0.346. The molecule has 0 spiro atoms. The van der Waals surface area contributed by atoms with E-state index in [1.54, 1.807) is 18.2 Å². The summed E-state index contributed by atoms with van der Waals surface area (Å²) in [6.45, 7) is 6.37. The number of halogens is 1. The van der Waals surface area contributed by atoms with E-state index in [4.69, 9.17) is 10.9 Å². The molecule has 0 unspecified atom stereocenters. The quantitative estimate of drug-likeness (QED) is 0.735. The Labute approximate surface area is 120 Å². The predicted octanol–water partition coefficient (Wildman–Crippen LogP) is 3.11. The monoisotopic (exact) mass is 380 g/mol. The molecule has 0 atom stereocenters. The van der Waals surface area contributed by atoms with Gasteiger partial charge in [0.05, 0.1) is 0 Å².